The van der Waals surface area contributed by atoms with Gasteiger partial charge in [-0.3, -0.25) is 9.80 Å². The average Bonchev–Trinajstić information content (AvgIpc) is 2.52. The second kappa shape index (κ2) is 4.77. The SMILES string of the molecule is CC1CC(C)(C)CC1N1CC(N2CCNCC2)C1. The Morgan fingerprint density at radius 2 is 1.67 bits per heavy atom. The highest BCUT2D eigenvalue weighted by atomic mass is 15.3. The average molecular weight is 251 g/mol. The lowest BCUT2D eigenvalue weighted by Gasteiger charge is -2.50. The Morgan fingerprint density at radius 1 is 1.00 bits per heavy atom. The molecule has 3 aliphatic rings. The first-order chi connectivity index (χ1) is 8.55. The zero-order valence-corrected chi connectivity index (χ0v) is 12.3. The molecule has 0 aromatic heterocycles. The molecule has 18 heavy (non-hydrogen) atoms. The number of piperazine rings is 1. The largest absolute Gasteiger partial charge is 0.314 e. The fraction of sp³-hybridized carbons (Fsp3) is 1.00. The van der Waals surface area contributed by atoms with Crippen LogP contribution in [0.2, 0.25) is 0 Å². The second-order valence-electron chi connectivity index (χ2n) is 7.51. The normalized spacial score (nSPS) is 38.8. The van der Waals surface area contributed by atoms with Crippen molar-refractivity contribution in [2.75, 3.05) is 39.3 Å². The molecule has 0 amide bonds. The van der Waals surface area contributed by atoms with Crippen molar-refractivity contribution >= 4 is 0 Å². The summed E-state index contributed by atoms with van der Waals surface area (Å²) >= 11 is 0. The van der Waals surface area contributed by atoms with Crippen LogP contribution in [-0.2, 0) is 0 Å². The van der Waals surface area contributed by atoms with Crippen LogP contribution in [0.25, 0.3) is 0 Å². The van der Waals surface area contributed by atoms with Gasteiger partial charge >= 0.3 is 0 Å². The highest BCUT2D eigenvalue weighted by molar-refractivity contribution is 4.99. The topological polar surface area (TPSA) is 18.5 Å². The number of hydrogen-bond acceptors (Lipinski definition) is 3. The standard InChI is InChI=1S/C15H29N3/c1-12-8-15(2,3)9-14(12)18-10-13(11-18)17-6-4-16-5-7-17/h12-14,16H,4-11H2,1-3H3. The van der Waals surface area contributed by atoms with E-state index in [1.807, 2.05) is 0 Å². The smallest absolute Gasteiger partial charge is 0.0351 e. The molecular formula is C15H29N3. The van der Waals surface area contributed by atoms with E-state index in [-0.39, 0.29) is 0 Å². The van der Waals surface area contributed by atoms with E-state index in [2.05, 4.69) is 35.9 Å². The summed E-state index contributed by atoms with van der Waals surface area (Å²) in [6, 6.07) is 1.71. The lowest BCUT2D eigenvalue weighted by Crippen LogP contribution is -2.65. The molecule has 104 valence electrons. The van der Waals surface area contributed by atoms with Crippen LogP contribution in [0.4, 0.5) is 0 Å². The van der Waals surface area contributed by atoms with Gasteiger partial charge in [0, 0.05) is 51.4 Å². The molecule has 0 aromatic rings. The molecule has 3 heteroatoms. The Balaban J connectivity index is 1.50. The predicted molar refractivity (Wildman–Crippen MR) is 75.8 cm³/mol. The van der Waals surface area contributed by atoms with E-state index >= 15 is 0 Å². The summed E-state index contributed by atoms with van der Waals surface area (Å²) in [5.74, 6) is 0.893. The van der Waals surface area contributed by atoms with Crippen molar-refractivity contribution in [3.05, 3.63) is 0 Å². The Morgan fingerprint density at radius 3 is 2.22 bits per heavy atom. The molecule has 3 nitrogen and oxygen atoms in total. The first kappa shape index (κ1) is 12.9. The minimum atomic E-state index is 0.574. The van der Waals surface area contributed by atoms with Gasteiger partial charge in [-0.2, -0.15) is 0 Å². The van der Waals surface area contributed by atoms with Gasteiger partial charge in [0.25, 0.3) is 0 Å². The van der Waals surface area contributed by atoms with Gasteiger partial charge in [-0.15, -0.1) is 0 Å². The van der Waals surface area contributed by atoms with E-state index in [4.69, 9.17) is 0 Å². The quantitative estimate of drug-likeness (QED) is 0.800. The maximum atomic E-state index is 3.45. The maximum Gasteiger partial charge on any atom is 0.0351 e. The first-order valence-corrected chi connectivity index (χ1v) is 7.74. The van der Waals surface area contributed by atoms with Crippen molar-refractivity contribution in [2.45, 2.75) is 45.7 Å². The second-order valence-corrected chi connectivity index (χ2v) is 7.51. The van der Waals surface area contributed by atoms with Crippen LogP contribution in [0.3, 0.4) is 0 Å². The van der Waals surface area contributed by atoms with Crippen molar-refractivity contribution in [2.24, 2.45) is 11.3 Å². The third-order valence-corrected chi connectivity index (χ3v) is 5.32. The summed E-state index contributed by atoms with van der Waals surface area (Å²) in [5, 5.41) is 3.45. The number of nitrogens with one attached hydrogen (secondary N) is 1. The Bertz CT molecular complexity index is 290. The third kappa shape index (κ3) is 2.45. The van der Waals surface area contributed by atoms with Gasteiger partial charge in [0.05, 0.1) is 0 Å². The van der Waals surface area contributed by atoms with Crippen LogP contribution < -0.4 is 5.32 Å². The molecule has 3 fully saturated rings. The van der Waals surface area contributed by atoms with Crippen molar-refractivity contribution in [1.29, 1.82) is 0 Å². The first-order valence-electron chi connectivity index (χ1n) is 7.74. The highest BCUT2D eigenvalue weighted by Gasteiger charge is 2.44. The summed E-state index contributed by atoms with van der Waals surface area (Å²) in [7, 11) is 0. The number of nitrogens with zero attached hydrogens (tertiary/aromatic N) is 2. The Labute approximate surface area is 112 Å². The van der Waals surface area contributed by atoms with Crippen LogP contribution in [0.1, 0.15) is 33.6 Å². The van der Waals surface area contributed by atoms with Crippen LogP contribution >= 0.6 is 0 Å². The van der Waals surface area contributed by atoms with E-state index < -0.39 is 0 Å². The highest BCUT2D eigenvalue weighted by Crippen LogP contribution is 2.44. The van der Waals surface area contributed by atoms with E-state index in [1.165, 1.54) is 52.1 Å². The van der Waals surface area contributed by atoms with Gasteiger partial charge in [-0.05, 0) is 24.2 Å². The summed E-state index contributed by atoms with van der Waals surface area (Å²) in [4.78, 5) is 5.45. The molecule has 2 heterocycles. The molecule has 1 saturated carbocycles. The Hall–Kier alpha value is -0.120. The van der Waals surface area contributed by atoms with Gasteiger partial charge in [-0.1, -0.05) is 20.8 Å². The van der Waals surface area contributed by atoms with Gasteiger partial charge in [-0.25, -0.2) is 0 Å². The van der Waals surface area contributed by atoms with Gasteiger partial charge in [0.1, 0.15) is 0 Å². The van der Waals surface area contributed by atoms with E-state index in [0.29, 0.717) is 5.41 Å². The molecule has 2 saturated heterocycles. The van der Waals surface area contributed by atoms with Crippen molar-refractivity contribution in [3.8, 4) is 0 Å². The van der Waals surface area contributed by atoms with E-state index in [0.717, 1.165) is 18.0 Å². The number of rotatable bonds is 2. The maximum absolute atomic E-state index is 3.45. The van der Waals surface area contributed by atoms with Gasteiger partial charge in [0.15, 0.2) is 0 Å². The molecule has 0 bridgehead atoms. The third-order valence-electron chi connectivity index (χ3n) is 5.32. The molecule has 1 aliphatic carbocycles. The van der Waals surface area contributed by atoms with Crippen molar-refractivity contribution in [1.82, 2.24) is 15.1 Å². The molecule has 2 unspecified atom stereocenters. The molecule has 0 spiro atoms. The predicted octanol–water partition coefficient (Wildman–Crippen LogP) is 1.40. The van der Waals surface area contributed by atoms with Crippen LogP contribution in [0.5, 0.6) is 0 Å². The zero-order chi connectivity index (χ0) is 12.8. The fourth-order valence-corrected chi connectivity index (χ4v) is 4.38. The lowest BCUT2D eigenvalue weighted by molar-refractivity contribution is -0.0101. The van der Waals surface area contributed by atoms with Crippen molar-refractivity contribution in [3.63, 3.8) is 0 Å². The molecule has 2 atom stereocenters. The molecule has 1 N–H and O–H groups in total. The van der Waals surface area contributed by atoms with E-state index in [9.17, 15) is 0 Å². The van der Waals surface area contributed by atoms with Crippen molar-refractivity contribution < 1.29 is 0 Å². The molecule has 3 rings (SSSR count). The number of likely N-dealkylation sites (tertiary alicyclic amines) is 1. The molecule has 0 aromatic carbocycles. The minimum Gasteiger partial charge on any atom is -0.314 e. The van der Waals surface area contributed by atoms with Crippen LogP contribution in [0, 0.1) is 11.3 Å². The van der Waals surface area contributed by atoms with Gasteiger partial charge < -0.3 is 5.32 Å². The zero-order valence-electron chi connectivity index (χ0n) is 12.3. The van der Waals surface area contributed by atoms with Crippen LogP contribution in [-0.4, -0.2) is 61.2 Å². The monoisotopic (exact) mass is 251 g/mol. The molecule has 2 aliphatic heterocycles. The van der Waals surface area contributed by atoms with Crippen LogP contribution in [0.15, 0.2) is 0 Å². The summed E-state index contributed by atoms with van der Waals surface area (Å²) in [6.07, 6.45) is 2.81. The molecular weight excluding hydrogens is 222 g/mol. The Kier molecular flexibility index (Phi) is 3.41. The van der Waals surface area contributed by atoms with E-state index in [1.54, 1.807) is 0 Å². The number of hydrogen-bond donors (Lipinski definition) is 1. The molecule has 0 radical (unpaired) electrons. The lowest BCUT2D eigenvalue weighted by atomic mass is 9.90. The minimum absolute atomic E-state index is 0.574. The summed E-state index contributed by atoms with van der Waals surface area (Å²) in [5.41, 5.74) is 0.574. The summed E-state index contributed by atoms with van der Waals surface area (Å²) < 4.78 is 0. The fourth-order valence-electron chi connectivity index (χ4n) is 4.38. The summed E-state index contributed by atoms with van der Waals surface area (Å²) in [6.45, 7) is 14.9. The van der Waals surface area contributed by atoms with Gasteiger partial charge in [0.2, 0.25) is 0 Å².